The van der Waals surface area contributed by atoms with E-state index in [1.54, 1.807) is 0 Å². The van der Waals surface area contributed by atoms with Gasteiger partial charge in [0.05, 0.1) is 16.7 Å². The lowest BCUT2D eigenvalue weighted by atomic mass is 9.94. The number of aromatic nitrogens is 4. The molecular weight excluding hydrogens is 659 g/mol. The van der Waals surface area contributed by atoms with Crippen LogP contribution < -0.4 is 5.36 Å². The summed E-state index contributed by atoms with van der Waals surface area (Å²) in [5, 5.41) is 0.934. The van der Waals surface area contributed by atoms with Gasteiger partial charge in [0.2, 0.25) is 0 Å². The molecule has 2 heterocycles. The van der Waals surface area contributed by atoms with Crippen molar-refractivity contribution in [2.45, 2.75) is 13.8 Å². The normalized spacial score (nSPS) is 11.9. The van der Waals surface area contributed by atoms with E-state index in [2.05, 4.69) is 92.7 Å². The lowest BCUT2D eigenvalue weighted by molar-refractivity contribution is 1.07. The van der Waals surface area contributed by atoms with E-state index in [1.807, 2.05) is 109 Å². The van der Waals surface area contributed by atoms with Crippen LogP contribution in [0.4, 0.5) is 0 Å². The van der Waals surface area contributed by atoms with E-state index in [0.29, 0.717) is 17.5 Å². The molecule has 0 amide bonds. The van der Waals surface area contributed by atoms with Crippen LogP contribution in [0.15, 0.2) is 193 Å². The first-order chi connectivity index (χ1) is 26.6. The Balaban J connectivity index is 1.31. The molecule has 5 heteroatoms. The maximum atomic E-state index is 5.27. The molecular formula is C49H37N5. The molecule has 0 fully saturated rings. The zero-order chi connectivity index (χ0) is 36.7. The molecule has 2 aromatic heterocycles. The Bertz CT molecular complexity index is 2600. The number of rotatable bonds is 8. The first kappa shape index (κ1) is 34.0. The Morgan fingerprint density at radius 2 is 0.944 bits per heavy atom. The predicted octanol–water partition coefficient (Wildman–Crippen LogP) is 11.4. The standard InChI is InChI=1S/C49H37N5/c1-34-18-7-3-14-27-44(34)51-46(36-19-8-4-9-20-36)35(2)39-25-17-26-40(30-39)41-31-42(45-28-15-16-29-50-45)33-43(32-41)49-53-47(37-21-10-5-11-22-37)52-48(54-49)38-23-12-6-13-24-38/h3-33H,1-2H3/b46-35+,51-44-. The van der Waals surface area contributed by atoms with Gasteiger partial charge in [0, 0.05) is 34.0 Å². The van der Waals surface area contributed by atoms with Gasteiger partial charge in [-0.25, -0.2) is 19.9 Å². The van der Waals surface area contributed by atoms with E-state index in [4.69, 9.17) is 24.9 Å². The van der Waals surface area contributed by atoms with Crippen molar-refractivity contribution in [1.82, 2.24) is 19.9 Å². The summed E-state index contributed by atoms with van der Waals surface area (Å²) in [6, 6.07) is 61.9. The first-order valence-electron chi connectivity index (χ1n) is 18.0. The molecule has 8 aromatic rings. The van der Waals surface area contributed by atoms with Crippen molar-refractivity contribution in [3.63, 3.8) is 0 Å². The van der Waals surface area contributed by atoms with Crippen LogP contribution in [-0.2, 0) is 0 Å². The highest BCUT2D eigenvalue weighted by Gasteiger charge is 2.16. The molecule has 0 atom stereocenters. The van der Waals surface area contributed by atoms with Gasteiger partial charge in [-0.2, -0.15) is 0 Å². The summed E-state index contributed by atoms with van der Waals surface area (Å²) >= 11 is 0. The Morgan fingerprint density at radius 1 is 0.426 bits per heavy atom. The number of hydrogen-bond donors (Lipinski definition) is 0. The van der Waals surface area contributed by atoms with Crippen LogP contribution in [0.2, 0.25) is 0 Å². The Hall–Kier alpha value is -7.11. The third kappa shape index (κ3) is 7.57. The summed E-state index contributed by atoms with van der Waals surface area (Å²) in [5.74, 6) is 1.82. The number of benzene rings is 5. The van der Waals surface area contributed by atoms with Crippen molar-refractivity contribution in [2.24, 2.45) is 4.99 Å². The fourth-order valence-corrected chi connectivity index (χ4v) is 6.45. The van der Waals surface area contributed by atoms with Crippen molar-refractivity contribution in [1.29, 1.82) is 0 Å². The molecule has 0 spiro atoms. The summed E-state index contributed by atoms with van der Waals surface area (Å²) < 4.78 is 0. The average molecular weight is 696 g/mol. The molecule has 0 aliphatic heterocycles. The van der Waals surface area contributed by atoms with Gasteiger partial charge in [-0.15, -0.1) is 0 Å². The number of aryl methyl sites for hydroxylation is 1. The molecule has 5 nitrogen and oxygen atoms in total. The van der Waals surface area contributed by atoms with E-state index >= 15 is 0 Å². The third-order valence-electron chi connectivity index (χ3n) is 9.34. The van der Waals surface area contributed by atoms with Crippen LogP contribution in [0.3, 0.4) is 0 Å². The maximum absolute atomic E-state index is 5.27. The zero-order valence-electron chi connectivity index (χ0n) is 30.1. The molecule has 0 saturated carbocycles. The van der Waals surface area contributed by atoms with E-state index in [0.717, 1.165) is 72.4 Å². The molecule has 0 aliphatic carbocycles. The van der Waals surface area contributed by atoms with Gasteiger partial charge in [-0.05, 0) is 84.1 Å². The van der Waals surface area contributed by atoms with E-state index in [9.17, 15) is 0 Å². The summed E-state index contributed by atoms with van der Waals surface area (Å²) in [5.41, 5.74) is 11.9. The van der Waals surface area contributed by atoms with Gasteiger partial charge in [0.25, 0.3) is 0 Å². The maximum Gasteiger partial charge on any atom is 0.164 e. The molecule has 0 bridgehead atoms. The molecule has 8 rings (SSSR count). The van der Waals surface area contributed by atoms with Gasteiger partial charge in [0.1, 0.15) is 0 Å². The molecule has 0 radical (unpaired) electrons. The highest BCUT2D eigenvalue weighted by Crippen LogP contribution is 2.35. The number of nitrogens with zero attached hydrogens (tertiary/aromatic N) is 5. The third-order valence-corrected chi connectivity index (χ3v) is 9.34. The van der Waals surface area contributed by atoms with Crippen molar-refractivity contribution in [3.8, 4) is 56.5 Å². The van der Waals surface area contributed by atoms with Gasteiger partial charge < -0.3 is 0 Å². The van der Waals surface area contributed by atoms with Crippen molar-refractivity contribution in [2.75, 3.05) is 0 Å². The minimum absolute atomic E-state index is 0.588. The fourth-order valence-electron chi connectivity index (χ4n) is 6.45. The largest absolute Gasteiger partial charge is 0.256 e. The van der Waals surface area contributed by atoms with Crippen molar-refractivity contribution in [3.05, 3.63) is 210 Å². The van der Waals surface area contributed by atoms with Gasteiger partial charge in [-0.3, -0.25) is 4.98 Å². The van der Waals surface area contributed by atoms with Crippen LogP contribution in [-0.4, -0.2) is 19.9 Å². The molecule has 0 aliphatic rings. The second-order valence-corrected chi connectivity index (χ2v) is 13.1. The molecule has 258 valence electrons. The second kappa shape index (κ2) is 15.6. The van der Waals surface area contributed by atoms with Gasteiger partial charge >= 0.3 is 0 Å². The Kier molecular flexibility index (Phi) is 9.85. The monoisotopic (exact) mass is 695 g/mol. The Morgan fingerprint density at radius 3 is 1.59 bits per heavy atom. The van der Waals surface area contributed by atoms with E-state index in [-0.39, 0.29) is 0 Å². The summed E-state index contributed by atoms with van der Waals surface area (Å²) in [6.45, 7) is 4.25. The number of hydrogen-bond acceptors (Lipinski definition) is 5. The SMILES string of the molecule is C/C(=C(\N=c1\cccccc1C)c1ccccc1)c1cccc(-c2cc(-c3ccccn3)cc(-c3nc(-c4ccccc4)nc(-c4ccccc4)n3)c2)c1. The second-order valence-electron chi connectivity index (χ2n) is 13.1. The molecule has 54 heavy (non-hydrogen) atoms. The first-order valence-corrected chi connectivity index (χ1v) is 18.0. The molecule has 6 aromatic carbocycles. The summed E-state index contributed by atoms with van der Waals surface area (Å²) in [6.07, 6.45) is 1.82. The predicted molar refractivity (Wildman–Crippen MR) is 220 cm³/mol. The van der Waals surface area contributed by atoms with Crippen LogP contribution in [0, 0.1) is 6.92 Å². The van der Waals surface area contributed by atoms with Crippen molar-refractivity contribution < 1.29 is 0 Å². The zero-order valence-corrected chi connectivity index (χ0v) is 30.1. The molecule has 0 N–H and O–H groups in total. The fraction of sp³-hybridized carbons (Fsp3) is 0.0408. The minimum Gasteiger partial charge on any atom is -0.256 e. The Labute approximate surface area is 315 Å². The van der Waals surface area contributed by atoms with Crippen molar-refractivity contribution >= 4 is 11.3 Å². The summed E-state index contributed by atoms with van der Waals surface area (Å²) in [4.78, 5) is 25.0. The smallest absolute Gasteiger partial charge is 0.164 e. The lowest BCUT2D eigenvalue weighted by Crippen LogP contribution is -2.04. The van der Waals surface area contributed by atoms with E-state index < -0.39 is 0 Å². The van der Waals surface area contributed by atoms with Crippen LogP contribution in [0.25, 0.3) is 67.8 Å². The summed E-state index contributed by atoms with van der Waals surface area (Å²) in [7, 11) is 0. The number of allylic oxidation sites excluding steroid dienone is 1. The van der Waals surface area contributed by atoms with Crippen LogP contribution in [0.1, 0.15) is 23.6 Å². The van der Waals surface area contributed by atoms with E-state index in [1.165, 1.54) is 0 Å². The minimum atomic E-state index is 0.588. The molecule has 0 saturated heterocycles. The highest BCUT2D eigenvalue weighted by molar-refractivity contribution is 5.91. The highest BCUT2D eigenvalue weighted by atomic mass is 15.0. The van der Waals surface area contributed by atoms with Crippen LogP contribution >= 0.6 is 0 Å². The average Bonchev–Trinajstić information content (AvgIpc) is 3.46. The lowest BCUT2D eigenvalue weighted by Gasteiger charge is -2.14. The van der Waals surface area contributed by atoms with Gasteiger partial charge in [0.15, 0.2) is 17.5 Å². The quantitative estimate of drug-likeness (QED) is 0.148. The number of pyridine rings is 1. The van der Waals surface area contributed by atoms with Gasteiger partial charge in [-0.1, -0.05) is 140 Å². The van der Waals surface area contributed by atoms with Crippen LogP contribution in [0.5, 0.6) is 0 Å². The topological polar surface area (TPSA) is 63.9 Å². The molecule has 0 unspecified atom stereocenters.